The zero-order valence-corrected chi connectivity index (χ0v) is 13.5. The number of allylic oxidation sites excluding steroid dienone is 2. The van der Waals surface area contributed by atoms with E-state index in [9.17, 15) is 25.9 Å². The molecule has 0 bridgehead atoms. The first-order valence-corrected chi connectivity index (χ1v) is 7.37. The number of rotatable bonds is 4. The number of hydrogen-bond donors (Lipinski definition) is 0. The molecule has 0 aliphatic carbocycles. The predicted molar refractivity (Wildman–Crippen MR) is 64.5 cm³/mol. The summed E-state index contributed by atoms with van der Waals surface area (Å²) in [7, 11) is -8.05. The first-order chi connectivity index (χ1) is 7.12. The Balaban J connectivity index is -0.000000218. The summed E-state index contributed by atoms with van der Waals surface area (Å²) in [5.41, 5.74) is 0. The molecule has 0 aromatic heterocycles. The molecule has 0 rings (SSSR count). The molecule has 0 aromatic rings. The van der Waals surface area contributed by atoms with E-state index >= 15 is 0 Å². The summed E-state index contributed by atoms with van der Waals surface area (Å²) in [6, 6.07) is 0. The fourth-order valence-corrected chi connectivity index (χ4v) is 1.28. The van der Waals surface area contributed by atoms with Gasteiger partial charge in [-0.15, -0.1) is 0 Å². The number of hydrogen-bond acceptors (Lipinski definition) is 6. The molecule has 6 nitrogen and oxygen atoms in total. The Morgan fingerprint density at radius 1 is 0.824 bits per heavy atom. The molecule has 0 spiro atoms. The maximum Gasteiger partial charge on any atom is 2.00 e. The summed E-state index contributed by atoms with van der Waals surface area (Å²) < 4.78 is 58.7. The molecular formula is C8H14CaO6S2. The van der Waals surface area contributed by atoms with Crippen molar-refractivity contribution in [3.63, 3.8) is 0 Å². The summed E-state index contributed by atoms with van der Waals surface area (Å²) in [5.74, 6) is -0.799. The van der Waals surface area contributed by atoms with Crippen LogP contribution in [0.4, 0.5) is 0 Å². The molecule has 0 amide bonds. The molecule has 0 atom stereocenters. The van der Waals surface area contributed by atoms with Crippen molar-refractivity contribution in [2.45, 2.75) is 13.8 Å². The molecule has 0 unspecified atom stereocenters. The Bertz CT molecular complexity index is 379. The van der Waals surface area contributed by atoms with Crippen LogP contribution in [0, 0.1) is 0 Å². The van der Waals surface area contributed by atoms with E-state index in [-0.39, 0.29) is 37.7 Å². The van der Waals surface area contributed by atoms with Gasteiger partial charge in [-0.2, -0.15) is 0 Å². The fourth-order valence-electron chi connectivity index (χ4n) is 0.428. The normalized spacial score (nSPS) is 12.0. The molecule has 0 heterocycles. The van der Waals surface area contributed by atoms with E-state index in [1.807, 2.05) is 0 Å². The van der Waals surface area contributed by atoms with Crippen molar-refractivity contribution in [1.29, 1.82) is 0 Å². The second kappa shape index (κ2) is 11.6. The van der Waals surface area contributed by atoms with E-state index < -0.39 is 31.7 Å². The van der Waals surface area contributed by atoms with Crippen LogP contribution in [-0.2, 0) is 20.2 Å². The molecular weight excluding hydrogens is 296 g/mol. The predicted octanol–water partition coefficient (Wildman–Crippen LogP) is -0.165. The third-order valence-electron chi connectivity index (χ3n) is 1.07. The summed E-state index contributed by atoms with van der Waals surface area (Å²) in [5, 5.41) is 0. The van der Waals surface area contributed by atoms with E-state index in [0.29, 0.717) is 0 Å². The molecule has 0 saturated carbocycles. The van der Waals surface area contributed by atoms with Crippen molar-refractivity contribution in [3.05, 3.63) is 24.3 Å². The minimum atomic E-state index is -4.02. The molecule has 9 heteroatoms. The first kappa shape index (κ1) is 22.7. The van der Waals surface area contributed by atoms with Crippen molar-refractivity contribution in [3.8, 4) is 0 Å². The van der Waals surface area contributed by atoms with Gasteiger partial charge in [0.25, 0.3) is 0 Å². The third-order valence-corrected chi connectivity index (χ3v) is 2.27. The monoisotopic (exact) mass is 310 g/mol. The molecule has 0 saturated heterocycles. The van der Waals surface area contributed by atoms with Gasteiger partial charge in [0.1, 0.15) is 0 Å². The topological polar surface area (TPSA) is 114 Å². The van der Waals surface area contributed by atoms with Crippen LogP contribution in [-0.4, -0.2) is 75.2 Å². The smallest absolute Gasteiger partial charge is 0.748 e. The van der Waals surface area contributed by atoms with Crippen LogP contribution in [0.1, 0.15) is 13.8 Å². The van der Waals surface area contributed by atoms with Crippen molar-refractivity contribution < 1.29 is 25.9 Å². The molecule has 17 heavy (non-hydrogen) atoms. The van der Waals surface area contributed by atoms with E-state index in [4.69, 9.17) is 0 Å². The molecule has 0 aromatic carbocycles. The van der Waals surface area contributed by atoms with Gasteiger partial charge in [-0.1, -0.05) is 24.3 Å². The van der Waals surface area contributed by atoms with Gasteiger partial charge in [0.15, 0.2) is 0 Å². The Labute approximate surface area is 132 Å². The van der Waals surface area contributed by atoms with Gasteiger partial charge in [-0.25, -0.2) is 16.8 Å². The summed E-state index contributed by atoms with van der Waals surface area (Å²) >= 11 is 0. The SMILES string of the molecule is CC=CCS(=O)(=O)[O-].CC=CCS(=O)(=O)[O-].[Ca+2]. The van der Waals surface area contributed by atoms with Gasteiger partial charge in [0.05, 0.1) is 31.7 Å². The minimum absolute atomic E-state index is 0. The Morgan fingerprint density at radius 3 is 1.12 bits per heavy atom. The molecule has 0 aliphatic rings. The Morgan fingerprint density at radius 2 is 1.06 bits per heavy atom. The van der Waals surface area contributed by atoms with Crippen LogP contribution < -0.4 is 0 Å². The molecule has 0 aliphatic heterocycles. The Hall–Kier alpha value is 0.560. The standard InChI is InChI=1S/2C4H8O3S.Ca/c2*1-2-3-4-8(5,6)7;/h2*2-3H,4H2,1H3,(H,5,6,7);/q;;+2/p-2. The van der Waals surface area contributed by atoms with Gasteiger partial charge in [0, 0.05) is 0 Å². The Kier molecular flexibility index (Phi) is 15.6. The average Bonchev–Trinajstić information content (AvgIpc) is 2.10. The van der Waals surface area contributed by atoms with E-state index in [0.717, 1.165) is 0 Å². The zero-order chi connectivity index (χ0) is 13.2. The van der Waals surface area contributed by atoms with Crippen molar-refractivity contribution in [1.82, 2.24) is 0 Å². The summed E-state index contributed by atoms with van der Waals surface area (Å²) in [6.07, 6.45) is 5.66. The van der Waals surface area contributed by atoms with Crippen LogP contribution in [0.5, 0.6) is 0 Å². The maximum atomic E-state index is 9.78. The summed E-state index contributed by atoms with van der Waals surface area (Å²) in [4.78, 5) is 0. The van der Waals surface area contributed by atoms with Crippen LogP contribution in [0.15, 0.2) is 24.3 Å². The second-order valence-electron chi connectivity index (χ2n) is 2.59. The van der Waals surface area contributed by atoms with Gasteiger partial charge in [0.2, 0.25) is 0 Å². The second-order valence-corrected chi connectivity index (χ2v) is 5.48. The van der Waals surface area contributed by atoms with Gasteiger partial charge in [-0.05, 0) is 13.8 Å². The van der Waals surface area contributed by atoms with Gasteiger partial charge < -0.3 is 9.11 Å². The van der Waals surface area contributed by atoms with Crippen LogP contribution >= 0.6 is 0 Å². The molecule has 0 N–H and O–H groups in total. The first-order valence-electron chi connectivity index (χ1n) is 4.22. The van der Waals surface area contributed by atoms with Crippen molar-refractivity contribution >= 4 is 58.0 Å². The molecule has 96 valence electrons. The fraction of sp³-hybridized carbons (Fsp3) is 0.500. The summed E-state index contributed by atoms with van der Waals surface area (Å²) in [6.45, 7) is 3.32. The van der Waals surface area contributed by atoms with Crippen molar-refractivity contribution in [2.75, 3.05) is 11.5 Å². The van der Waals surface area contributed by atoms with Gasteiger partial charge in [-0.3, -0.25) is 0 Å². The van der Waals surface area contributed by atoms with Crippen LogP contribution in [0.2, 0.25) is 0 Å². The minimum Gasteiger partial charge on any atom is -0.748 e. The maximum absolute atomic E-state index is 9.78. The van der Waals surface area contributed by atoms with Crippen LogP contribution in [0.3, 0.4) is 0 Å². The zero-order valence-electron chi connectivity index (χ0n) is 9.70. The quantitative estimate of drug-likeness (QED) is 0.405. The molecule has 0 radical (unpaired) electrons. The average molecular weight is 310 g/mol. The van der Waals surface area contributed by atoms with Crippen molar-refractivity contribution in [2.24, 2.45) is 0 Å². The van der Waals surface area contributed by atoms with E-state index in [1.54, 1.807) is 13.8 Å². The largest absolute Gasteiger partial charge is 2.00 e. The third kappa shape index (κ3) is 31.5. The van der Waals surface area contributed by atoms with E-state index in [2.05, 4.69) is 0 Å². The van der Waals surface area contributed by atoms with Crippen LogP contribution in [0.25, 0.3) is 0 Å². The van der Waals surface area contributed by atoms with Gasteiger partial charge >= 0.3 is 37.7 Å². The molecule has 0 fully saturated rings. The van der Waals surface area contributed by atoms with E-state index in [1.165, 1.54) is 24.3 Å².